The minimum atomic E-state index is -0.410. The molecule has 0 fully saturated rings. The highest BCUT2D eigenvalue weighted by Gasteiger charge is 2.30. The van der Waals surface area contributed by atoms with Gasteiger partial charge in [-0.1, -0.05) is 24.3 Å². The Labute approximate surface area is 88.1 Å². The molecule has 15 heavy (non-hydrogen) atoms. The van der Waals surface area contributed by atoms with Crippen LogP contribution in [0.5, 0.6) is 0 Å². The first-order valence-electron chi connectivity index (χ1n) is 4.89. The summed E-state index contributed by atoms with van der Waals surface area (Å²) in [6, 6.07) is 7.54. The fourth-order valence-electron chi connectivity index (χ4n) is 2.01. The highest BCUT2D eigenvalue weighted by Crippen LogP contribution is 2.30. The lowest BCUT2D eigenvalue weighted by molar-refractivity contribution is -0.144. The van der Waals surface area contributed by atoms with Crippen LogP contribution in [0.1, 0.15) is 23.5 Å². The summed E-state index contributed by atoms with van der Waals surface area (Å²) < 4.78 is 4.70. The van der Waals surface area contributed by atoms with Crippen LogP contribution in [-0.4, -0.2) is 18.9 Å². The van der Waals surface area contributed by atoms with Gasteiger partial charge in [-0.2, -0.15) is 0 Å². The van der Waals surface area contributed by atoms with Crippen molar-refractivity contribution < 1.29 is 14.3 Å². The van der Waals surface area contributed by atoms with Crippen molar-refractivity contribution in [1.82, 2.24) is 0 Å². The average molecular weight is 204 g/mol. The molecule has 0 N–H and O–H groups in total. The van der Waals surface area contributed by atoms with E-state index in [1.54, 1.807) is 0 Å². The van der Waals surface area contributed by atoms with Gasteiger partial charge >= 0.3 is 5.97 Å². The van der Waals surface area contributed by atoms with Gasteiger partial charge in [0.2, 0.25) is 0 Å². The Bertz CT molecular complexity index is 409. The highest BCUT2D eigenvalue weighted by molar-refractivity contribution is 5.92. The molecule has 0 radical (unpaired) electrons. The molecule has 3 nitrogen and oxygen atoms in total. The molecule has 1 aromatic carbocycles. The smallest absolute Gasteiger partial charge is 0.313 e. The first-order chi connectivity index (χ1) is 7.22. The molecule has 0 aliphatic heterocycles. The van der Waals surface area contributed by atoms with E-state index in [0.29, 0.717) is 6.42 Å². The van der Waals surface area contributed by atoms with Crippen LogP contribution in [0.15, 0.2) is 24.3 Å². The van der Waals surface area contributed by atoms with Crippen LogP contribution < -0.4 is 0 Å². The summed E-state index contributed by atoms with van der Waals surface area (Å²) in [4.78, 5) is 22.9. The second-order valence-electron chi connectivity index (χ2n) is 3.69. The first-order valence-corrected chi connectivity index (χ1v) is 4.89. The molecule has 2 rings (SSSR count). The number of ketones is 1. The minimum Gasteiger partial charge on any atom is -0.469 e. The molecule has 0 spiro atoms. The van der Waals surface area contributed by atoms with E-state index in [2.05, 4.69) is 0 Å². The Balaban J connectivity index is 2.42. The molecule has 0 aromatic heterocycles. The SMILES string of the molecule is COC(=O)C1CC(=O)Cc2ccccc21. The number of carbonyl (C=O) groups excluding carboxylic acids is 2. The fraction of sp³-hybridized carbons (Fsp3) is 0.333. The Morgan fingerprint density at radius 3 is 2.87 bits per heavy atom. The van der Waals surface area contributed by atoms with Crippen molar-refractivity contribution >= 4 is 11.8 Å². The molecular weight excluding hydrogens is 192 g/mol. The number of esters is 1. The van der Waals surface area contributed by atoms with Gasteiger partial charge in [-0.3, -0.25) is 9.59 Å². The molecule has 78 valence electrons. The molecule has 1 aliphatic rings. The summed E-state index contributed by atoms with van der Waals surface area (Å²) in [5.41, 5.74) is 1.88. The van der Waals surface area contributed by atoms with E-state index < -0.39 is 5.92 Å². The molecule has 1 atom stereocenters. The maximum absolute atomic E-state index is 11.5. The molecule has 1 unspecified atom stereocenters. The van der Waals surface area contributed by atoms with Gasteiger partial charge < -0.3 is 4.74 Å². The van der Waals surface area contributed by atoms with E-state index in [-0.39, 0.29) is 18.2 Å². The Hall–Kier alpha value is -1.64. The topological polar surface area (TPSA) is 43.4 Å². The monoisotopic (exact) mass is 204 g/mol. The largest absolute Gasteiger partial charge is 0.469 e. The number of methoxy groups -OCH3 is 1. The highest BCUT2D eigenvalue weighted by atomic mass is 16.5. The third kappa shape index (κ3) is 1.77. The zero-order valence-electron chi connectivity index (χ0n) is 8.53. The van der Waals surface area contributed by atoms with E-state index >= 15 is 0 Å². The Morgan fingerprint density at radius 1 is 1.40 bits per heavy atom. The predicted molar refractivity (Wildman–Crippen MR) is 54.5 cm³/mol. The number of hydrogen-bond acceptors (Lipinski definition) is 3. The Morgan fingerprint density at radius 2 is 2.13 bits per heavy atom. The number of fused-ring (bicyclic) bond motifs is 1. The van der Waals surface area contributed by atoms with E-state index in [1.807, 2.05) is 24.3 Å². The molecule has 1 aromatic rings. The van der Waals surface area contributed by atoms with Gasteiger partial charge in [0.15, 0.2) is 0 Å². The molecular formula is C12H12O3. The molecule has 0 saturated heterocycles. The number of hydrogen-bond donors (Lipinski definition) is 0. The summed E-state index contributed by atoms with van der Waals surface area (Å²) in [6.45, 7) is 0. The molecule has 1 aliphatic carbocycles. The molecule has 3 heteroatoms. The lowest BCUT2D eigenvalue weighted by Crippen LogP contribution is -2.25. The third-order valence-electron chi connectivity index (χ3n) is 2.74. The van der Waals surface area contributed by atoms with Crippen LogP contribution in [-0.2, 0) is 20.7 Å². The van der Waals surface area contributed by atoms with Crippen molar-refractivity contribution in [1.29, 1.82) is 0 Å². The first kappa shape index (κ1) is 9.90. The van der Waals surface area contributed by atoms with Crippen LogP contribution in [0.2, 0.25) is 0 Å². The van der Waals surface area contributed by atoms with Crippen LogP contribution in [0, 0.1) is 0 Å². The molecule has 0 amide bonds. The average Bonchev–Trinajstić information content (AvgIpc) is 2.26. The van der Waals surface area contributed by atoms with E-state index in [4.69, 9.17) is 4.74 Å². The van der Waals surface area contributed by atoms with Crippen LogP contribution in [0.25, 0.3) is 0 Å². The van der Waals surface area contributed by atoms with E-state index in [1.165, 1.54) is 7.11 Å². The van der Waals surface area contributed by atoms with Crippen molar-refractivity contribution in [2.24, 2.45) is 0 Å². The lowest BCUT2D eigenvalue weighted by Gasteiger charge is -2.22. The van der Waals surface area contributed by atoms with Crippen molar-refractivity contribution in [3.63, 3.8) is 0 Å². The van der Waals surface area contributed by atoms with Crippen molar-refractivity contribution in [2.45, 2.75) is 18.8 Å². The number of Topliss-reactive ketones (excluding diaryl/α,β-unsaturated/α-hetero) is 1. The van der Waals surface area contributed by atoms with Gasteiger partial charge in [-0.05, 0) is 11.1 Å². The number of benzene rings is 1. The fourth-order valence-corrected chi connectivity index (χ4v) is 2.01. The predicted octanol–water partition coefficient (Wildman–Crippen LogP) is 1.46. The summed E-state index contributed by atoms with van der Waals surface area (Å²) >= 11 is 0. The van der Waals surface area contributed by atoms with Gasteiger partial charge in [-0.25, -0.2) is 0 Å². The van der Waals surface area contributed by atoms with Gasteiger partial charge in [0.25, 0.3) is 0 Å². The van der Waals surface area contributed by atoms with E-state index in [9.17, 15) is 9.59 Å². The van der Waals surface area contributed by atoms with Crippen LogP contribution >= 0.6 is 0 Å². The molecule has 0 bridgehead atoms. The van der Waals surface area contributed by atoms with Crippen molar-refractivity contribution in [3.8, 4) is 0 Å². The Kier molecular flexibility index (Phi) is 2.54. The second-order valence-corrected chi connectivity index (χ2v) is 3.69. The van der Waals surface area contributed by atoms with Crippen LogP contribution in [0.3, 0.4) is 0 Å². The van der Waals surface area contributed by atoms with Crippen molar-refractivity contribution in [2.75, 3.05) is 7.11 Å². The summed E-state index contributed by atoms with van der Waals surface area (Å²) in [5.74, 6) is -0.632. The minimum absolute atomic E-state index is 0.101. The van der Waals surface area contributed by atoms with E-state index in [0.717, 1.165) is 11.1 Å². The van der Waals surface area contributed by atoms with Crippen molar-refractivity contribution in [3.05, 3.63) is 35.4 Å². The third-order valence-corrected chi connectivity index (χ3v) is 2.74. The lowest BCUT2D eigenvalue weighted by atomic mass is 9.82. The number of ether oxygens (including phenoxy) is 1. The second kappa shape index (κ2) is 3.85. The van der Waals surface area contributed by atoms with Gasteiger partial charge in [0.05, 0.1) is 13.0 Å². The number of rotatable bonds is 1. The summed E-state index contributed by atoms with van der Waals surface area (Å²) in [5, 5.41) is 0. The zero-order chi connectivity index (χ0) is 10.8. The van der Waals surface area contributed by atoms with Gasteiger partial charge in [-0.15, -0.1) is 0 Å². The number of carbonyl (C=O) groups is 2. The summed E-state index contributed by atoms with van der Waals surface area (Å²) in [6.07, 6.45) is 0.702. The molecule has 0 saturated carbocycles. The van der Waals surface area contributed by atoms with Gasteiger partial charge in [0.1, 0.15) is 5.78 Å². The maximum atomic E-state index is 11.5. The quantitative estimate of drug-likeness (QED) is 0.650. The maximum Gasteiger partial charge on any atom is 0.313 e. The normalized spacial score (nSPS) is 19.5. The summed E-state index contributed by atoms with van der Waals surface area (Å²) in [7, 11) is 1.35. The molecule has 0 heterocycles. The van der Waals surface area contributed by atoms with Gasteiger partial charge in [0, 0.05) is 12.8 Å². The van der Waals surface area contributed by atoms with Crippen LogP contribution in [0.4, 0.5) is 0 Å². The zero-order valence-corrected chi connectivity index (χ0v) is 8.53. The standard InChI is InChI=1S/C12H12O3/c1-15-12(14)11-7-9(13)6-8-4-2-3-5-10(8)11/h2-5,11H,6-7H2,1H3.